The number of carbonyl (C=O) groups is 3. The van der Waals surface area contributed by atoms with Gasteiger partial charge in [0.05, 0.1) is 7.11 Å². The fraction of sp³-hybridized carbons (Fsp3) is 0.308. The van der Waals surface area contributed by atoms with Gasteiger partial charge in [-0.3, -0.25) is 9.59 Å². The molecule has 0 unspecified atom stereocenters. The number of ether oxygens (including phenoxy) is 1. The molecular weight excluding hydrogens is 314 g/mol. The second kappa shape index (κ2) is 7.04. The molecule has 1 atom stereocenters. The molecule has 0 aliphatic heterocycles. The van der Waals surface area contributed by atoms with Gasteiger partial charge in [0.2, 0.25) is 5.91 Å². The number of carbonyl (C=O) groups excluding carboxylic acids is 3. The van der Waals surface area contributed by atoms with E-state index in [9.17, 15) is 14.4 Å². The molecule has 19 heavy (non-hydrogen) atoms. The lowest BCUT2D eigenvalue weighted by molar-refractivity contribution is -0.144. The molecule has 1 rings (SSSR count). The van der Waals surface area contributed by atoms with Crippen molar-refractivity contribution in [2.75, 3.05) is 7.11 Å². The zero-order valence-corrected chi connectivity index (χ0v) is 12.2. The highest BCUT2D eigenvalue weighted by atomic mass is 79.9. The van der Waals surface area contributed by atoms with Gasteiger partial charge in [-0.1, -0.05) is 28.1 Å². The summed E-state index contributed by atoms with van der Waals surface area (Å²) in [6, 6.07) is 5.86. The van der Waals surface area contributed by atoms with E-state index in [2.05, 4.69) is 26.0 Å². The number of rotatable bonds is 5. The van der Waals surface area contributed by atoms with Gasteiger partial charge in [0.25, 0.3) is 0 Å². The van der Waals surface area contributed by atoms with Crippen LogP contribution in [-0.2, 0) is 14.3 Å². The molecule has 1 N–H and O–H groups in total. The number of benzene rings is 1. The van der Waals surface area contributed by atoms with Crippen molar-refractivity contribution in [3.63, 3.8) is 0 Å². The van der Waals surface area contributed by atoms with E-state index in [1.807, 2.05) is 0 Å². The SMILES string of the molecule is COC(=O)[C@H](CC(=O)c1cccc(Br)c1)NC(C)=O. The van der Waals surface area contributed by atoms with Crippen LogP contribution in [0.2, 0.25) is 0 Å². The van der Waals surface area contributed by atoms with E-state index in [-0.39, 0.29) is 12.2 Å². The Morgan fingerprint density at radius 1 is 1.37 bits per heavy atom. The Hall–Kier alpha value is -1.69. The first-order valence-corrected chi connectivity index (χ1v) is 6.37. The van der Waals surface area contributed by atoms with Crippen LogP contribution in [0.3, 0.4) is 0 Å². The summed E-state index contributed by atoms with van der Waals surface area (Å²) in [6.45, 7) is 1.28. The van der Waals surface area contributed by atoms with Gasteiger partial charge >= 0.3 is 5.97 Å². The lowest BCUT2D eigenvalue weighted by atomic mass is 10.0. The Bertz CT molecular complexity index is 501. The minimum absolute atomic E-state index is 0.136. The van der Waals surface area contributed by atoms with E-state index >= 15 is 0 Å². The Morgan fingerprint density at radius 3 is 2.58 bits per heavy atom. The summed E-state index contributed by atoms with van der Waals surface area (Å²) in [5, 5.41) is 2.40. The molecule has 0 fully saturated rings. The molecule has 5 nitrogen and oxygen atoms in total. The number of Topliss-reactive ketones (excluding diaryl/α,β-unsaturated/α-hetero) is 1. The maximum Gasteiger partial charge on any atom is 0.328 e. The minimum Gasteiger partial charge on any atom is -0.467 e. The van der Waals surface area contributed by atoms with Crippen molar-refractivity contribution < 1.29 is 19.1 Å². The van der Waals surface area contributed by atoms with Gasteiger partial charge < -0.3 is 10.1 Å². The van der Waals surface area contributed by atoms with E-state index in [1.165, 1.54) is 14.0 Å². The van der Waals surface area contributed by atoms with Gasteiger partial charge in [0.15, 0.2) is 5.78 Å². The normalized spacial score (nSPS) is 11.5. The van der Waals surface area contributed by atoms with Crippen LogP contribution < -0.4 is 5.32 Å². The number of halogens is 1. The van der Waals surface area contributed by atoms with E-state index < -0.39 is 17.9 Å². The van der Waals surface area contributed by atoms with Crippen LogP contribution in [0, 0.1) is 0 Å². The highest BCUT2D eigenvalue weighted by Crippen LogP contribution is 2.14. The summed E-state index contributed by atoms with van der Waals surface area (Å²) >= 11 is 3.27. The van der Waals surface area contributed by atoms with Crippen LogP contribution in [0.5, 0.6) is 0 Å². The molecule has 0 saturated heterocycles. The van der Waals surface area contributed by atoms with Crippen LogP contribution in [-0.4, -0.2) is 30.8 Å². The van der Waals surface area contributed by atoms with Gasteiger partial charge in [-0.15, -0.1) is 0 Å². The van der Waals surface area contributed by atoms with Gasteiger partial charge in [-0.2, -0.15) is 0 Å². The summed E-state index contributed by atoms with van der Waals surface area (Å²) in [4.78, 5) is 34.5. The van der Waals surface area contributed by atoms with Crippen LogP contribution in [0.25, 0.3) is 0 Å². The fourth-order valence-corrected chi connectivity index (χ4v) is 1.95. The number of amides is 1. The van der Waals surface area contributed by atoms with Crippen molar-refractivity contribution in [2.24, 2.45) is 0 Å². The summed E-state index contributed by atoms with van der Waals surface area (Å²) in [5.41, 5.74) is 0.466. The van der Waals surface area contributed by atoms with Crippen LogP contribution in [0.4, 0.5) is 0 Å². The zero-order chi connectivity index (χ0) is 14.4. The van der Waals surface area contributed by atoms with Crippen molar-refractivity contribution >= 4 is 33.6 Å². The first-order valence-electron chi connectivity index (χ1n) is 5.57. The third-order valence-electron chi connectivity index (χ3n) is 2.40. The number of hydrogen-bond acceptors (Lipinski definition) is 4. The molecule has 0 aliphatic carbocycles. The van der Waals surface area contributed by atoms with Crippen LogP contribution in [0.15, 0.2) is 28.7 Å². The topological polar surface area (TPSA) is 72.5 Å². The molecule has 102 valence electrons. The number of esters is 1. The van der Waals surface area contributed by atoms with Gasteiger partial charge in [-0.05, 0) is 12.1 Å². The smallest absolute Gasteiger partial charge is 0.328 e. The molecule has 0 bridgehead atoms. The third kappa shape index (κ3) is 4.82. The number of nitrogens with one attached hydrogen (secondary N) is 1. The third-order valence-corrected chi connectivity index (χ3v) is 2.89. The maximum atomic E-state index is 12.0. The molecule has 0 spiro atoms. The largest absolute Gasteiger partial charge is 0.467 e. The van der Waals surface area contributed by atoms with Crippen LogP contribution in [0.1, 0.15) is 23.7 Å². The minimum atomic E-state index is -0.964. The molecule has 0 heterocycles. The lowest BCUT2D eigenvalue weighted by Crippen LogP contribution is -2.41. The fourth-order valence-electron chi connectivity index (χ4n) is 1.55. The molecule has 0 aromatic heterocycles. The van der Waals surface area contributed by atoms with Crippen molar-refractivity contribution in [1.29, 1.82) is 0 Å². The Kier molecular flexibility index (Phi) is 5.69. The van der Waals surface area contributed by atoms with Gasteiger partial charge in [0, 0.05) is 23.4 Å². The summed E-state index contributed by atoms with van der Waals surface area (Å²) < 4.78 is 5.33. The van der Waals surface area contributed by atoms with E-state index in [4.69, 9.17) is 0 Å². The number of ketones is 1. The maximum absolute atomic E-state index is 12.0. The molecule has 0 radical (unpaired) electrons. The summed E-state index contributed by atoms with van der Waals surface area (Å²) in [7, 11) is 1.21. The summed E-state index contributed by atoms with van der Waals surface area (Å²) in [5.74, 6) is -1.28. The predicted octanol–water partition coefficient (Wildman–Crippen LogP) is 1.70. The van der Waals surface area contributed by atoms with Crippen LogP contribution >= 0.6 is 15.9 Å². The highest BCUT2D eigenvalue weighted by Gasteiger charge is 2.24. The first-order chi connectivity index (χ1) is 8.93. The molecule has 6 heteroatoms. The highest BCUT2D eigenvalue weighted by molar-refractivity contribution is 9.10. The van der Waals surface area contributed by atoms with E-state index in [1.54, 1.807) is 24.3 Å². The quantitative estimate of drug-likeness (QED) is 0.660. The van der Waals surface area contributed by atoms with Crippen molar-refractivity contribution in [3.8, 4) is 0 Å². The second-order valence-corrected chi connectivity index (χ2v) is 4.83. The summed E-state index contributed by atoms with van der Waals surface area (Å²) in [6.07, 6.45) is -0.136. The predicted molar refractivity (Wildman–Crippen MR) is 72.7 cm³/mol. The zero-order valence-electron chi connectivity index (χ0n) is 10.6. The molecule has 1 aromatic rings. The average Bonchev–Trinajstić information content (AvgIpc) is 2.36. The van der Waals surface area contributed by atoms with Crippen molar-refractivity contribution in [1.82, 2.24) is 5.32 Å². The lowest BCUT2D eigenvalue weighted by Gasteiger charge is -2.14. The van der Waals surface area contributed by atoms with Gasteiger partial charge in [-0.25, -0.2) is 4.79 Å². The number of methoxy groups -OCH3 is 1. The van der Waals surface area contributed by atoms with E-state index in [0.717, 1.165) is 4.47 Å². The first kappa shape index (κ1) is 15.4. The van der Waals surface area contributed by atoms with Crippen molar-refractivity contribution in [3.05, 3.63) is 34.3 Å². The van der Waals surface area contributed by atoms with Crippen molar-refractivity contribution in [2.45, 2.75) is 19.4 Å². The molecule has 1 aromatic carbocycles. The monoisotopic (exact) mass is 327 g/mol. The number of hydrogen-bond donors (Lipinski definition) is 1. The van der Waals surface area contributed by atoms with Gasteiger partial charge in [0.1, 0.15) is 6.04 Å². The molecular formula is C13H14BrNO4. The Balaban J connectivity index is 2.81. The van der Waals surface area contributed by atoms with E-state index in [0.29, 0.717) is 5.56 Å². The second-order valence-electron chi connectivity index (χ2n) is 3.91. The molecule has 1 amide bonds. The molecule has 0 aliphatic rings. The standard InChI is InChI=1S/C13H14BrNO4/c1-8(16)15-11(13(18)19-2)7-12(17)9-4-3-5-10(14)6-9/h3-6,11H,7H2,1-2H3,(H,15,16)/t11-/m0/s1. The molecule has 0 saturated carbocycles. The Morgan fingerprint density at radius 2 is 2.05 bits per heavy atom. The Labute approximate surface area is 119 Å². The average molecular weight is 328 g/mol.